The summed E-state index contributed by atoms with van der Waals surface area (Å²) in [5, 5.41) is 12.2. The summed E-state index contributed by atoms with van der Waals surface area (Å²) in [4.78, 5) is 10.5. The van der Waals surface area contributed by atoms with E-state index in [4.69, 9.17) is 9.63 Å². The van der Waals surface area contributed by atoms with Gasteiger partial charge in [-0.3, -0.25) is 4.79 Å². The third-order valence-corrected chi connectivity index (χ3v) is 4.71. The van der Waals surface area contributed by atoms with Gasteiger partial charge in [-0.1, -0.05) is 12.1 Å². The topological polar surface area (TPSA) is 101 Å². The summed E-state index contributed by atoms with van der Waals surface area (Å²) in [7, 11) is -3.75. The molecule has 1 heterocycles. The molecule has 1 rings (SSSR count). The van der Waals surface area contributed by atoms with Gasteiger partial charge in [-0.05, 0) is 13.8 Å². The van der Waals surface area contributed by atoms with Crippen LogP contribution in [0.5, 0.6) is 0 Å². The Labute approximate surface area is 105 Å². The number of carbonyl (C=O) groups is 1. The number of hydrogen-bond acceptors (Lipinski definition) is 5. The fourth-order valence-electron chi connectivity index (χ4n) is 1.64. The first-order valence-electron chi connectivity index (χ1n) is 5.45. The van der Waals surface area contributed by atoms with E-state index in [0.717, 1.165) is 4.31 Å². The van der Waals surface area contributed by atoms with Crippen LogP contribution in [0.15, 0.2) is 9.42 Å². The molecule has 102 valence electrons. The van der Waals surface area contributed by atoms with Crippen LogP contribution >= 0.6 is 0 Å². The number of carboxylic acids is 1. The molecule has 7 nitrogen and oxygen atoms in total. The number of rotatable bonds is 6. The van der Waals surface area contributed by atoms with Gasteiger partial charge in [0.05, 0.1) is 6.42 Å². The Morgan fingerprint density at radius 1 is 1.44 bits per heavy atom. The minimum absolute atomic E-state index is 0.0229. The van der Waals surface area contributed by atoms with Crippen LogP contribution in [0.25, 0.3) is 0 Å². The first kappa shape index (κ1) is 14.7. The SMILES string of the molecule is CCN(CCC(=O)O)S(=O)(=O)c1c(C)noc1C. The monoisotopic (exact) mass is 276 g/mol. The summed E-state index contributed by atoms with van der Waals surface area (Å²) in [5.74, 6) is -0.830. The molecule has 0 bridgehead atoms. The van der Waals surface area contributed by atoms with Crippen molar-refractivity contribution in [1.29, 1.82) is 0 Å². The van der Waals surface area contributed by atoms with Crippen LogP contribution in [0.1, 0.15) is 24.8 Å². The van der Waals surface area contributed by atoms with Gasteiger partial charge in [0.1, 0.15) is 10.6 Å². The zero-order chi connectivity index (χ0) is 13.9. The van der Waals surface area contributed by atoms with Crippen molar-refractivity contribution in [2.45, 2.75) is 32.1 Å². The highest BCUT2D eigenvalue weighted by molar-refractivity contribution is 7.89. The van der Waals surface area contributed by atoms with Gasteiger partial charge < -0.3 is 9.63 Å². The predicted molar refractivity (Wildman–Crippen MR) is 62.7 cm³/mol. The highest BCUT2D eigenvalue weighted by Gasteiger charge is 2.30. The highest BCUT2D eigenvalue weighted by Crippen LogP contribution is 2.23. The molecule has 0 amide bonds. The van der Waals surface area contributed by atoms with Crippen molar-refractivity contribution in [1.82, 2.24) is 9.46 Å². The van der Waals surface area contributed by atoms with Gasteiger partial charge in [0.2, 0.25) is 10.0 Å². The number of carboxylic acid groups (broad SMARTS) is 1. The molecule has 0 aliphatic heterocycles. The second kappa shape index (κ2) is 5.49. The summed E-state index contributed by atoms with van der Waals surface area (Å²) < 4.78 is 30.6. The summed E-state index contributed by atoms with van der Waals surface area (Å²) in [5.41, 5.74) is 0.279. The minimum Gasteiger partial charge on any atom is -0.481 e. The third-order valence-electron chi connectivity index (χ3n) is 2.49. The second-order valence-corrected chi connectivity index (χ2v) is 5.67. The number of sulfonamides is 1. The Morgan fingerprint density at radius 3 is 2.44 bits per heavy atom. The Bertz CT molecular complexity index is 515. The molecular weight excluding hydrogens is 260 g/mol. The fraction of sp³-hybridized carbons (Fsp3) is 0.600. The Hall–Kier alpha value is -1.41. The Morgan fingerprint density at radius 2 is 2.06 bits per heavy atom. The van der Waals surface area contributed by atoms with Gasteiger partial charge in [-0.2, -0.15) is 4.31 Å². The average molecular weight is 276 g/mol. The van der Waals surface area contributed by atoms with Crippen molar-refractivity contribution in [2.24, 2.45) is 0 Å². The number of hydrogen-bond donors (Lipinski definition) is 1. The lowest BCUT2D eigenvalue weighted by atomic mass is 10.4. The van der Waals surface area contributed by atoms with E-state index in [1.807, 2.05) is 0 Å². The van der Waals surface area contributed by atoms with Crippen molar-refractivity contribution >= 4 is 16.0 Å². The van der Waals surface area contributed by atoms with Gasteiger partial charge in [0.15, 0.2) is 5.76 Å². The van der Waals surface area contributed by atoms with Crippen molar-refractivity contribution in [3.8, 4) is 0 Å². The molecule has 0 saturated carbocycles. The van der Waals surface area contributed by atoms with Crippen molar-refractivity contribution in [2.75, 3.05) is 13.1 Å². The van der Waals surface area contributed by atoms with E-state index < -0.39 is 16.0 Å². The lowest BCUT2D eigenvalue weighted by molar-refractivity contribution is -0.137. The van der Waals surface area contributed by atoms with E-state index >= 15 is 0 Å². The van der Waals surface area contributed by atoms with E-state index in [2.05, 4.69) is 5.16 Å². The van der Waals surface area contributed by atoms with Gasteiger partial charge in [-0.15, -0.1) is 0 Å². The summed E-state index contributed by atoms with van der Waals surface area (Å²) in [6.07, 6.45) is -0.240. The minimum atomic E-state index is -3.75. The highest BCUT2D eigenvalue weighted by atomic mass is 32.2. The largest absolute Gasteiger partial charge is 0.481 e. The van der Waals surface area contributed by atoms with Crippen LogP contribution in [0.4, 0.5) is 0 Å². The van der Waals surface area contributed by atoms with E-state index in [9.17, 15) is 13.2 Å². The third kappa shape index (κ3) is 2.88. The molecule has 0 unspecified atom stereocenters. The van der Waals surface area contributed by atoms with Crippen molar-refractivity contribution < 1.29 is 22.8 Å². The fourth-order valence-corrected chi connectivity index (χ4v) is 3.38. The Balaban J connectivity index is 3.07. The number of aryl methyl sites for hydroxylation is 2. The van der Waals surface area contributed by atoms with Crippen LogP contribution in [0.3, 0.4) is 0 Å². The van der Waals surface area contributed by atoms with E-state index in [1.165, 1.54) is 13.8 Å². The predicted octanol–water partition coefficient (Wildman–Crippen LogP) is 0.777. The van der Waals surface area contributed by atoms with E-state index in [-0.39, 0.29) is 35.9 Å². The van der Waals surface area contributed by atoms with Gasteiger partial charge >= 0.3 is 5.97 Å². The molecule has 0 radical (unpaired) electrons. The van der Waals surface area contributed by atoms with E-state index in [1.54, 1.807) is 6.92 Å². The molecule has 18 heavy (non-hydrogen) atoms. The van der Waals surface area contributed by atoms with Gasteiger partial charge in [0, 0.05) is 13.1 Å². The van der Waals surface area contributed by atoms with Crippen LogP contribution in [0.2, 0.25) is 0 Å². The average Bonchev–Trinajstić information content (AvgIpc) is 2.58. The molecule has 8 heteroatoms. The molecule has 1 aromatic rings. The normalized spacial score (nSPS) is 12.0. The number of aromatic nitrogens is 1. The Kier molecular flexibility index (Phi) is 4.47. The summed E-state index contributed by atoms with van der Waals surface area (Å²) in [6, 6.07) is 0. The molecule has 0 aliphatic carbocycles. The first-order valence-corrected chi connectivity index (χ1v) is 6.89. The molecule has 1 aromatic heterocycles. The lowest BCUT2D eigenvalue weighted by Gasteiger charge is -2.19. The molecule has 0 aromatic carbocycles. The smallest absolute Gasteiger partial charge is 0.304 e. The van der Waals surface area contributed by atoms with Gasteiger partial charge in [0.25, 0.3) is 0 Å². The van der Waals surface area contributed by atoms with Crippen LogP contribution in [-0.4, -0.2) is 42.0 Å². The molecule has 0 saturated heterocycles. The zero-order valence-corrected chi connectivity index (χ0v) is 11.3. The van der Waals surface area contributed by atoms with Crippen molar-refractivity contribution in [3.63, 3.8) is 0 Å². The quantitative estimate of drug-likeness (QED) is 0.823. The molecule has 0 atom stereocenters. The second-order valence-electron chi connectivity index (χ2n) is 3.79. The summed E-state index contributed by atoms with van der Waals surface area (Å²) in [6.45, 7) is 4.82. The maximum absolute atomic E-state index is 12.3. The zero-order valence-electron chi connectivity index (χ0n) is 10.5. The lowest BCUT2D eigenvalue weighted by Crippen LogP contribution is -2.33. The maximum Gasteiger partial charge on any atom is 0.304 e. The van der Waals surface area contributed by atoms with Crippen molar-refractivity contribution in [3.05, 3.63) is 11.5 Å². The maximum atomic E-state index is 12.3. The molecule has 0 aliphatic rings. The molecule has 0 fully saturated rings. The van der Waals surface area contributed by atoms with E-state index in [0.29, 0.717) is 0 Å². The van der Waals surface area contributed by atoms with Gasteiger partial charge in [-0.25, -0.2) is 8.42 Å². The van der Waals surface area contributed by atoms with Crippen LogP contribution in [0, 0.1) is 13.8 Å². The summed E-state index contributed by atoms with van der Waals surface area (Å²) >= 11 is 0. The molecule has 1 N–H and O–H groups in total. The van der Waals surface area contributed by atoms with Crippen LogP contribution in [-0.2, 0) is 14.8 Å². The first-order chi connectivity index (χ1) is 8.30. The standard InChI is InChI=1S/C10H16N2O5S/c1-4-12(6-5-9(13)14)18(15,16)10-7(2)11-17-8(10)3/h4-6H2,1-3H3,(H,13,14). The molecular formula is C10H16N2O5S. The number of aliphatic carboxylic acids is 1. The number of nitrogens with zero attached hydrogens (tertiary/aromatic N) is 2. The van der Waals surface area contributed by atoms with Crippen LogP contribution < -0.4 is 0 Å². The molecule has 0 spiro atoms.